The summed E-state index contributed by atoms with van der Waals surface area (Å²) in [6.07, 6.45) is 61.0. The van der Waals surface area contributed by atoms with Crippen LogP contribution in [0.5, 0.6) is 0 Å². The molecule has 0 heterocycles. The molecule has 0 unspecified atom stereocenters. The van der Waals surface area contributed by atoms with Gasteiger partial charge in [-0.25, -0.2) is 0 Å². The summed E-state index contributed by atoms with van der Waals surface area (Å²) < 4.78 is 16.9. The van der Waals surface area contributed by atoms with Crippen molar-refractivity contribution in [2.24, 2.45) is 5.92 Å². The number of hydrogen-bond donors (Lipinski definition) is 0. The van der Waals surface area contributed by atoms with Gasteiger partial charge in [-0.3, -0.25) is 14.4 Å². The smallest absolute Gasteiger partial charge is 0.306 e. The maximum absolute atomic E-state index is 12.9. The molecule has 0 aromatic rings. The summed E-state index contributed by atoms with van der Waals surface area (Å²) in [5.74, 6) is 0.0170. The van der Waals surface area contributed by atoms with Crippen LogP contribution < -0.4 is 0 Å². The molecular formula is C61H118O6. The van der Waals surface area contributed by atoms with Crippen molar-refractivity contribution < 1.29 is 28.6 Å². The second-order valence-corrected chi connectivity index (χ2v) is 21.5. The Morgan fingerprint density at radius 3 is 0.731 bits per heavy atom. The summed E-state index contributed by atoms with van der Waals surface area (Å²) >= 11 is 0. The number of unbranched alkanes of at least 4 members (excludes halogenated alkanes) is 43. The van der Waals surface area contributed by atoms with E-state index in [1.807, 2.05) is 0 Å². The van der Waals surface area contributed by atoms with Crippen molar-refractivity contribution >= 4 is 17.9 Å². The monoisotopic (exact) mass is 947 g/mol. The lowest BCUT2D eigenvalue weighted by atomic mass is 10.0. The van der Waals surface area contributed by atoms with Gasteiger partial charge in [0, 0.05) is 19.3 Å². The number of rotatable bonds is 56. The molecule has 0 N–H and O–H groups in total. The predicted octanol–water partition coefficient (Wildman–Crippen LogP) is 20.2. The van der Waals surface area contributed by atoms with Crippen LogP contribution in [0.25, 0.3) is 0 Å². The molecule has 0 bridgehead atoms. The molecule has 0 fully saturated rings. The fourth-order valence-corrected chi connectivity index (χ4v) is 9.46. The van der Waals surface area contributed by atoms with Crippen molar-refractivity contribution in [3.8, 4) is 0 Å². The largest absolute Gasteiger partial charge is 0.462 e. The molecule has 0 saturated heterocycles. The van der Waals surface area contributed by atoms with Gasteiger partial charge in [0.15, 0.2) is 6.10 Å². The van der Waals surface area contributed by atoms with Crippen LogP contribution in [0.15, 0.2) is 0 Å². The Bertz CT molecular complexity index is 1010. The van der Waals surface area contributed by atoms with E-state index < -0.39 is 6.10 Å². The van der Waals surface area contributed by atoms with Crippen LogP contribution in [0.3, 0.4) is 0 Å². The molecule has 6 heteroatoms. The maximum atomic E-state index is 12.9. The Morgan fingerprint density at radius 2 is 0.493 bits per heavy atom. The second kappa shape index (κ2) is 55.3. The van der Waals surface area contributed by atoms with Gasteiger partial charge in [-0.2, -0.15) is 0 Å². The fourth-order valence-electron chi connectivity index (χ4n) is 9.46. The van der Waals surface area contributed by atoms with E-state index >= 15 is 0 Å². The lowest BCUT2D eigenvalue weighted by Gasteiger charge is -2.18. The highest BCUT2D eigenvalue weighted by atomic mass is 16.6. The van der Waals surface area contributed by atoms with Crippen LogP contribution in [-0.4, -0.2) is 37.2 Å². The van der Waals surface area contributed by atoms with Crippen LogP contribution in [0, 0.1) is 5.92 Å². The van der Waals surface area contributed by atoms with Crippen molar-refractivity contribution in [2.45, 2.75) is 355 Å². The molecule has 67 heavy (non-hydrogen) atoms. The van der Waals surface area contributed by atoms with Crippen LogP contribution in [-0.2, 0) is 28.6 Å². The SMILES string of the molecule is CCCCCCCCCCCCCCCCCCCCCC(=O)O[C@H](COC(=O)CCCCCCCCCCCCCC)COC(=O)CCCCCCCCCCCCCCCCCC(C)C. The molecular weight excluding hydrogens is 829 g/mol. The van der Waals surface area contributed by atoms with Crippen LogP contribution in [0.2, 0.25) is 0 Å². The number of carbonyl (C=O) groups is 3. The fraction of sp³-hybridized carbons (Fsp3) is 0.951. The van der Waals surface area contributed by atoms with Crippen LogP contribution in [0.4, 0.5) is 0 Å². The summed E-state index contributed by atoms with van der Waals surface area (Å²) in [6, 6.07) is 0. The van der Waals surface area contributed by atoms with E-state index in [-0.39, 0.29) is 31.1 Å². The third-order valence-electron chi connectivity index (χ3n) is 14.0. The van der Waals surface area contributed by atoms with Crippen LogP contribution >= 0.6 is 0 Å². The zero-order valence-electron chi connectivity index (χ0n) is 45.9. The highest BCUT2D eigenvalue weighted by Gasteiger charge is 2.19. The van der Waals surface area contributed by atoms with Gasteiger partial charge in [-0.15, -0.1) is 0 Å². The van der Waals surface area contributed by atoms with E-state index in [1.165, 1.54) is 244 Å². The lowest BCUT2D eigenvalue weighted by molar-refractivity contribution is -0.167. The first-order valence-electron chi connectivity index (χ1n) is 30.4. The van der Waals surface area contributed by atoms with E-state index in [0.29, 0.717) is 19.3 Å². The molecule has 0 saturated carbocycles. The molecule has 6 nitrogen and oxygen atoms in total. The van der Waals surface area contributed by atoms with Gasteiger partial charge >= 0.3 is 17.9 Å². The minimum absolute atomic E-state index is 0.0616. The average molecular weight is 948 g/mol. The minimum Gasteiger partial charge on any atom is -0.462 e. The lowest BCUT2D eigenvalue weighted by Crippen LogP contribution is -2.30. The quantitative estimate of drug-likeness (QED) is 0.0343. The molecule has 1 atom stereocenters. The molecule has 398 valence electrons. The van der Waals surface area contributed by atoms with Crippen molar-refractivity contribution in [3.63, 3.8) is 0 Å². The van der Waals surface area contributed by atoms with Gasteiger partial charge < -0.3 is 14.2 Å². The maximum Gasteiger partial charge on any atom is 0.306 e. The number of ether oxygens (including phenoxy) is 3. The molecule has 0 aromatic heterocycles. The van der Waals surface area contributed by atoms with E-state index in [0.717, 1.165) is 63.7 Å². The third kappa shape index (κ3) is 55.2. The molecule has 0 spiro atoms. The van der Waals surface area contributed by atoms with Gasteiger partial charge in [0.25, 0.3) is 0 Å². The third-order valence-corrected chi connectivity index (χ3v) is 14.0. The Morgan fingerprint density at radius 1 is 0.284 bits per heavy atom. The summed E-state index contributed by atoms with van der Waals surface area (Å²) in [6.45, 7) is 9.08. The Balaban J connectivity index is 4.25. The molecule has 0 aliphatic heterocycles. The average Bonchev–Trinajstić information content (AvgIpc) is 3.31. The van der Waals surface area contributed by atoms with Gasteiger partial charge in [-0.05, 0) is 25.2 Å². The summed E-state index contributed by atoms with van der Waals surface area (Å²) in [4.78, 5) is 38.2. The normalized spacial score (nSPS) is 12.0. The van der Waals surface area contributed by atoms with Gasteiger partial charge in [-0.1, -0.05) is 310 Å². The first-order chi connectivity index (χ1) is 32.9. The van der Waals surface area contributed by atoms with E-state index in [2.05, 4.69) is 27.7 Å². The zero-order chi connectivity index (χ0) is 48.8. The van der Waals surface area contributed by atoms with Crippen molar-refractivity contribution in [1.82, 2.24) is 0 Å². The molecule has 0 radical (unpaired) electrons. The highest BCUT2D eigenvalue weighted by Crippen LogP contribution is 2.18. The highest BCUT2D eigenvalue weighted by molar-refractivity contribution is 5.71. The van der Waals surface area contributed by atoms with E-state index in [4.69, 9.17) is 14.2 Å². The Kier molecular flexibility index (Phi) is 54.0. The summed E-state index contributed by atoms with van der Waals surface area (Å²) in [5, 5.41) is 0. The van der Waals surface area contributed by atoms with E-state index in [9.17, 15) is 14.4 Å². The number of esters is 3. The Labute approximate surface area is 418 Å². The number of carbonyl (C=O) groups excluding carboxylic acids is 3. The van der Waals surface area contributed by atoms with Gasteiger partial charge in [0.1, 0.15) is 13.2 Å². The first-order valence-corrected chi connectivity index (χ1v) is 30.4. The first kappa shape index (κ1) is 65.4. The topological polar surface area (TPSA) is 78.9 Å². The zero-order valence-corrected chi connectivity index (χ0v) is 45.9. The molecule has 0 amide bonds. The van der Waals surface area contributed by atoms with Crippen molar-refractivity contribution in [3.05, 3.63) is 0 Å². The standard InChI is InChI=1S/C61H118O6/c1-5-7-9-11-13-15-17-19-20-21-22-23-26-30-34-38-42-46-50-54-61(64)67-58(55-65-59(62)52-48-44-40-36-32-18-16-14-12-10-8-6-2)56-66-60(63)53-49-45-41-37-33-29-27-24-25-28-31-35-39-43-47-51-57(3)4/h57-58H,5-56H2,1-4H3/t58-/m1/s1. The predicted molar refractivity (Wildman–Crippen MR) is 289 cm³/mol. The number of hydrogen-bond acceptors (Lipinski definition) is 6. The van der Waals surface area contributed by atoms with Crippen LogP contribution in [0.1, 0.15) is 349 Å². The summed E-state index contributed by atoms with van der Waals surface area (Å²) in [7, 11) is 0. The minimum atomic E-state index is -0.762. The van der Waals surface area contributed by atoms with Crippen molar-refractivity contribution in [2.75, 3.05) is 13.2 Å². The van der Waals surface area contributed by atoms with E-state index in [1.54, 1.807) is 0 Å². The van der Waals surface area contributed by atoms with Gasteiger partial charge in [0.05, 0.1) is 0 Å². The molecule has 0 aliphatic carbocycles. The molecule has 0 aliphatic rings. The Hall–Kier alpha value is -1.59. The second-order valence-electron chi connectivity index (χ2n) is 21.5. The molecule has 0 aromatic carbocycles. The van der Waals surface area contributed by atoms with Gasteiger partial charge in [0.2, 0.25) is 0 Å². The molecule has 0 rings (SSSR count). The van der Waals surface area contributed by atoms with Crippen molar-refractivity contribution in [1.29, 1.82) is 0 Å². The summed E-state index contributed by atoms with van der Waals surface area (Å²) in [5.41, 5.74) is 0.